The van der Waals surface area contributed by atoms with Crippen LogP contribution in [0.2, 0.25) is 0 Å². The lowest BCUT2D eigenvalue weighted by Gasteiger charge is -2.34. The van der Waals surface area contributed by atoms with Gasteiger partial charge in [0, 0.05) is 32.9 Å². The molecule has 0 aliphatic heterocycles. The Bertz CT molecular complexity index is 2980. The summed E-state index contributed by atoms with van der Waals surface area (Å²) in [5.74, 6) is 1.04. The molecule has 62 heavy (non-hydrogen) atoms. The van der Waals surface area contributed by atoms with Crippen LogP contribution in [0.4, 0.5) is 34.1 Å². The number of hydrogen-bond acceptors (Lipinski definition) is 2. The van der Waals surface area contributed by atoms with Crippen molar-refractivity contribution in [2.75, 3.05) is 9.80 Å². The molecule has 0 N–H and O–H groups in total. The normalized spacial score (nSPS) is 15.3. The van der Waals surface area contributed by atoms with Crippen molar-refractivity contribution in [3.05, 3.63) is 193 Å². The van der Waals surface area contributed by atoms with Crippen LogP contribution in [0.15, 0.2) is 182 Å². The molecule has 302 valence electrons. The maximum Gasteiger partial charge on any atom is 0.0543 e. The molecule has 2 saturated carbocycles. The lowest BCUT2D eigenvalue weighted by molar-refractivity contribution is 0.445. The van der Waals surface area contributed by atoms with Gasteiger partial charge in [-0.2, -0.15) is 0 Å². The highest BCUT2D eigenvalue weighted by molar-refractivity contribution is 6.30. The second kappa shape index (κ2) is 15.7. The molecule has 0 unspecified atom stereocenters. The lowest BCUT2D eigenvalue weighted by Crippen LogP contribution is -2.14. The number of nitrogens with zero attached hydrogens (tertiary/aromatic N) is 2. The Kier molecular flexibility index (Phi) is 9.39. The number of fused-ring (bicyclic) bond motifs is 2. The molecule has 2 heteroatoms. The van der Waals surface area contributed by atoms with Crippen molar-refractivity contribution < 1.29 is 0 Å². The standard InChI is InChI=1S/C60H52N2/c1-5-19-43(20-6-1)53-39-57(61(45-27-9-3-10-28-45)55-33-17-25-41-23-13-15-31-47(41)55)51-38-36-50-54(44-21-7-2-8-22-44)40-58(52-37-35-49(53)59(51)60(50)52)62(46-29-11-4-12-30-46)56-34-18-26-42-24-14-16-32-48(42)56/h3-4,9-18,23-40,43-44H,1-2,5-8,19-22H2. The van der Waals surface area contributed by atoms with Gasteiger partial charge in [-0.3, -0.25) is 0 Å². The minimum atomic E-state index is 0.519. The summed E-state index contributed by atoms with van der Waals surface area (Å²) in [5, 5.41) is 13.4. The summed E-state index contributed by atoms with van der Waals surface area (Å²) in [6, 6.07) is 68.9. The zero-order chi connectivity index (χ0) is 41.0. The average molecular weight is 801 g/mol. The fraction of sp³-hybridized carbons (Fsp3) is 0.200. The van der Waals surface area contributed by atoms with Crippen molar-refractivity contribution in [3.8, 4) is 0 Å². The molecule has 0 spiro atoms. The number of anilines is 6. The third kappa shape index (κ3) is 6.22. The third-order valence-electron chi connectivity index (χ3n) is 14.5. The molecule has 10 aromatic carbocycles. The van der Waals surface area contributed by atoms with Crippen molar-refractivity contribution in [2.45, 2.75) is 76.0 Å². The molecule has 0 heterocycles. The van der Waals surface area contributed by atoms with Gasteiger partial charge in [0.2, 0.25) is 0 Å². The predicted molar refractivity (Wildman–Crippen MR) is 266 cm³/mol. The molecule has 2 fully saturated rings. The highest BCUT2D eigenvalue weighted by Crippen LogP contribution is 2.53. The van der Waals surface area contributed by atoms with Gasteiger partial charge in [0.05, 0.1) is 22.7 Å². The van der Waals surface area contributed by atoms with Crippen LogP contribution in [0, 0.1) is 0 Å². The average Bonchev–Trinajstić information content (AvgIpc) is 3.35. The van der Waals surface area contributed by atoms with Gasteiger partial charge in [0.15, 0.2) is 0 Å². The molecule has 0 radical (unpaired) electrons. The molecule has 2 aliphatic carbocycles. The quantitative estimate of drug-likeness (QED) is 0.141. The first-order chi connectivity index (χ1) is 30.8. The Morgan fingerprint density at radius 1 is 0.290 bits per heavy atom. The van der Waals surface area contributed by atoms with Crippen LogP contribution >= 0.6 is 0 Å². The maximum absolute atomic E-state index is 2.61. The van der Waals surface area contributed by atoms with Crippen LogP contribution in [0.5, 0.6) is 0 Å². The van der Waals surface area contributed by atoms with E-state index in [2.05, 4.69) is 192 Å². The highest BCUT2D eigenvalue weighted by Gasteiger charge is 2.29. The van der Waals surface area contributed by atoms with Gasteiger partial charge in [-0.25, -0.2) is 0 Å². The molecule has 12 rings (SSSR count). The van der Waals surface area contributed by atoms with Crippen molar-refractivity contribution in [1.82, 2.24) is 0 Å². The van der Waals surface area contributed by atoms with Gasteiger partial charge >= 0.3 is 0 Å². The molecule has 0 bridgehead atoms. The molecule has 2 nitrogen and oxygen atoms in total. The van der Waals surface area contributed by atoms with Gasteiger partial charge in [-0.05, 0) is 129 Å². The van der Waals surface area contributed by atoms with Crippen LogP contribution in [0.3, 0.4) is 0 Å². The summed E-state index contributed by atoms with van der Waals surface area (Å²) in [7, 11) is 0. The summed E-state index contributed by atoms with van der Waals surface area (Å²) in [5.41, 5.74) is 10.4. The van der Waals surface area contributed by atoms with E-state index in [1.807, 2.05) is 0 Å². The fourth-order valence-electron chi connectivity index (χ4n) is 11.7. The van der Waals surface area contributed by atoms with Gasteiger partial charge in [-0.15, -0.1) is 0 Å². The van der Waals surface area contributed by atoms with Crippen molar-refractivity contribution in [2.24, 2.45) is 0 Å². The SMILES string of the molecule is c1ccc(N(c2cccc3ccccc23)c2cc(C3CCCCC3)c3ccc4c(N(c5ccccc5)c5cccc6ccccc56)cc(C5CCCCC5)c5ccc2c3c54)cc1. The minimum Gasteiger partial charge on any atom is -0.309 e. The van der Waals surface area contributed by atoms with E-state index < -0.39 is 0 Å². The molecule has 2 aliphatic rings. The molecule has 0 aromatic heterocycles. The topological polar surface area (TPSA) is 6.48 Å². The van der Waals surface area contributed by atoms with E-state index in [0.717, 1.165) is 0 Å². The zero-order valence-corrected chi connectivity index (χ0v) is 35.4. The van der Waals surface area contributed by atoms with E-state index in [9.17, 15) is 0 Å². The number of rotatable bonds is 8. The fourth-order valence-corrected chi connectivity index (χ4v) is 11.7. The third-order valence-corrected chi connectivity index (χ3v) is 14.5. The summed E-state index contributed by atoms with van der Waals surface area (Å²) in [4.78, 5) is 5.16. The van der Waals surface area contributed by atoms with Gasteiger partial charge in [-0.1, -0.05) is 172 Å². The first kappa shape index (κ1) is 37.1. The molecule has 10 aromatic rings. The van der Waals surface area contributed by atoms with E-state index in [1.165, 1.54) is 163 Å². The molecule has 0 amide bonds. The van der Waals surface area contributed by atoms with Crippen molar-refractivity contribution in [1.29, 1.82) is 0 Å². The van der Waals surface area contributed by atoms with E-state index in [-0.39, 0.29) is 0 Å². The number of para-hydroxylation sites is 2. The van der Waals surface area contributed by atoms with Crippen LogP contribution in [0.25, 0.3) is 53.9 Å². The Hall–Kier alpha value is -6.64. The Balaban J connectivity index is 1.23. The van der Waals surface area contributed by atoms with Gasteiger partial charge in [0.25, 0.3) is 0 Å². The second-order valence-electron chi connectivity index (χ2n) is 18.0. The minimum absolute atomic E-state index is 0.519. The molecule has 0 saturated heterocycles. The monoisotopic (exact) mass is 800 g/mol. The molecular weight excluding hydrogens is 749 g/mol. The van der Waals surface area contributed by atoms with E-state index in [1.54, 1.807) is 0 Å². The Morgan fingerprint density at radius 3 is 1.10 bits per heavy atom. The first-order valence-corrected chi connectivity index (χ1v) is 23.2. The van der Waals surface area contributed by atoms with Crippen LogP contribution in [0.1, 0.15) is 87.2 Å². The first-order valence-electron chi connectivity index (χ1n) is 23.2. The van der Waals surface area contributed by atoms with Crippen LogP contribution in [-0.2, 0) is 0 Å². The Morgan fingerprint density at radius 2 is 0.661 bits per heavy atom. The molecule has 0 atom stereocenters. The van der Waals surface area contributed by atoms with Gasteiger partial charge < -0.3 is 9.80 Å². The zero-order valence-electron chi connectivity index (χ0n) is 35.4. The highest BCUT2D eigenvalue weighted by atomic mass is 15.2. The maximum atomic E-state index is 2.61. The number of benzene rings is 10. The summed E-state index contributed by atoms with van der Waals surface area (Å²) >= 11 is 0. The summed E-state index contributed by atoms with van der Waals surface area (Å²) < 4.78 is 0. The summed E-state index contributed by atoms with van der Waals surface area (Å²) in [6.07, 6.45) is 12.8. The lowest BCUT2D eigenvalue weighted by atomic mass is 9.77. The van der Waals surface area contributed by atoms with Crippen LogP contribution < -0.4 is 9.80 Å². The smallest absolute Gasteiger partial charge is 0.0543 e. The van der Waals surface area contributed by atoms with Gasteiger partial charge in [0.1, 0.15) is 0 Å². The van der Waals surface area contributed by atoms with E-state index in [4.69, 9.17) is 0 Å². The van der Waals surface area contributed by atoms with E-state index >= 15 is 0 Å². The molecular formula is C60H52N2. The Labute approximate surface area is 365 Å². The second-order valence-corrected chi connectivity index (χ2v) is 18.0. The number of hydrogen-bond donors (Lipinski definition) is 0. The van der Waals surface area contributed by atoms with Crippen molar-refractivity contribution >= 4 is 88.0 Å². The van der Waals surface area contributed by atoms with Crippen LogP contribution in [-0.4, -0.2) is 0 Å². The largest absolute Gasteiger partial charge is 0.309 e. The predicted octanol–water partition coefficient (Wildman–Crippen LogP) is 17.9. The summed E-state index contributed by atoms with van der Waals surface area (Å²) in [6.45, 7) is 0. The van der Waals surface area contributed by atoms with Crippen molar-refractivity contribution in [3.63, 3.8) is 0 Å². The van der Waals surface area contributed by atoms with E-state index in [0.29, 0.717) is 11.8 Å².